The molecule has 5 heteroatoms. The van der Waals surface area contributed by atoms with Gasteiger partial charge in [0.25, 0.3) is 0 Å². The van der Waals surface area contributed by atoms with Crippen molar-refractivity contribution in [2.45, 2.75) is 31.3 Å². The molecule has 0 bridgehead atoms. The van der Waals surface area contributed by atoms with Crippen LogP contribution in [-0.4, -0.2) is 54.7 Å². The van der Waals surface area contributed by atoms with Gasteiger partial charge in [-0.3, -0.25) is 4.79 Å². The second kappa shape index (κ2) is 6.05. The Labute approximate surface area is 90.6 Å². The molecule has 1 aliphatic heterocycles. The van der Waals surface area contributed by atoms with Crippen LogP contribution in [0.5, 0.6) is 0 Å². The number of nitrogens with zero attached hydrogens (tertiary/aromatic N) is 1. The highest BCUT2D eigenvalue weighted by atomic mass is 16.4. The summed E-state index contributed by atoms with van der Waals surface area (Å²) in [4.78, 5) is 12.8. The third kappa shape index (κ3) is 4.59. The lowest BCUT2D eigenvalue weighted by Crippen LogP contribution is -2.45. The number of nitrogens with two attached hydrogens (primary N) is 1. The highest BCUT2D eigenvalue weighted by Gasteiger charge is 2.17. The Hall–Kier alpha value is -0.650. The molecule has 0 aliphatic carbocycles. The van der Waals surface area contributed by atoms with Crippen LogP contribution in [0.4, 0.5) is 0 Å². The molecule has 88 valence electrons. The van der Waals surface area contributed by atoms with Crippen LogP contribution in [0.3, 0.4) is 0 Å². The highest BCUT2D eigenvalue weighted by Crippen LogP contribution is 2.07. The Morgan fingerprint density at radius 1 is 1.73 bits per heavy atom. The van der Waals surface area contributed by atoms with E-state index < -0.39 is 12.0 Å². The molecule has 1 aliphatic rings. The van der Waals surface area contributed by atoms with E-state index >= 15 is 0 Å². The van der Waals surface area contributed by atoms with Crippen LogP contribution in [0.1, 0.15) is 19.3 Å². The van der Waals surface area contributed by atoms with Gasteiger partial charge in [-0.25, -0.2) is 0 Å². The van der Waals surface area contributed by atoms with E-state index in [1.54, 1.807) is 0 Å². The molecule has 0 aromatic rings. The summed E-state index contributed by atoms with van der Waals surface area (Å²) in [5, 5.41) is 12.0. The second-order valence-electron chi connectivity index (χ2n) is 4.29. The molecule has 15 heavy (non-hydrogen) atoms. The standard InChI is InChI=1S/C10H21N3O2/c1-13-6-2-3-8(7-13)12-5-4-9(11)10(14)15/h8-9,12H,2-7,11H2,1H3,(H,14,15). The van der Waals surface area contributed by atoms with Gasteiger partial charge in [0.05, 0.1) is 0 Å². The predicted molar refractivity (Wildman–Crippen MR) is 58.7 cm³/mol. The Balaban J connectivity index is 2.11. The van der Waals surface area contributed by atoms with Crippen molar-refractivity contribution in [2.75, 3.05) is 26.7 Å². The predicted octanol–water partition coefficient (Wildman–Crippen LogP) is -0.528. The SMILES string of the molecule is CN1CCCC(NCCC(N)C(=O)O)C1. The van der Waals surface area contributed by atoms with Crippen LogP contribution < -0.4 is 11.1 Å². The van der Waals surface area contributed by atoms with E-state index in [4.69, 9.17) is 10.8 Å². The second-order valence-corrected chi connectivity index (χ2v) is 4.29. The summed E-state index contributed by atoms with van der Waals surface area (Å²) in [6.45, 7) is 2.89. The summed E-state index contributed by atoms with van der Waals surface area (Å²) in [6.07, 6.45) is 2.88. The Morgan fingerprint density at radius 3 is 3.07 bits per heavy atom. The number of likely N-dealkylation sites (tertiary alicyclic amines) is 1. The fourth-order valence-electron chi connectivity index (χ4n) is 1.90. The molecule has 1 rings (SSSR count). The number of rotatable bonds is 5. The summed E-state index contributed by atoms with van der Waals surface area (Å²) in [5.74, 6) is -0.919. The maximum absolute atomic E-state index is 10.5. The first-order chi connectivity index (χ1) is 7.09. The van der Waals surface area contributed by atoms with Crippen molar-refractivity contribution >= 4 is 5.97 Å². The molecule has 0 radical (unpaired) electrons. The van der Waals surface area contributed by atoms with Gasteiger partial charge in [-0.15, -0.1) is 0 Å². The van der Waals surface area contributed by atoms with Gasteiger partial charge in [-0.1, -0.05) is 0 Å². The minimum Gasteiger partial charge on any atom is -0.480 e. The van der Waals surface area contributed by atoms with Crippen LogP contribution in [-0.2, 0) is 4.79 Å². The average Bonchev–Trinajstić information content (AvgIpc) is 2.17. The van der Waals surface area contributed by atoms with E-state index in [2.05, 4.69) is 17.3 Å². The maximum Gasteiger partial charge on any atom is 0.320 e. The highest BCUT2D eigenvalue weighted by molar-refractivity contribution is 5.72. The fraction of sp³-hybridized carbons (Fsp3) is 0.900. The summed E-state index contributed by atoms with van der Waals surface area (Å²) in [5.41, 5.74) is 5.41. The topological polar surface area (TPSA) is 78.6 Å². The zero-order valence-electron chi connectivity index (χ0n) is 9.28. The lowest BCUT2D eigenvalue weighted by molar-refractivity contribution is -0.138. The van der Waals surface area contributed by atoms with Gasteiger partial charge in [-0.05, 0) is 39.4 Å². The number of carboxylic acid groups (broad SMARTS) is 1. The number of hydrogen-bond acceptors (Lipinski definition) is 4. The van der Waals surface area contributed by atoms with Gasteiger partial charge in [0.15, 0.2) is 0 Å². The number of carboxylic acids is 1. The molecule has 0 amide bonds. The van der Waals surface area contributed by atoms with E-state index in [-0.39, 0.29) is 0 Å². The summed E-state index contributed by atoms with van der Waals surface area (Å²) in [7, 11) is 2.11. The molecule has 5 nitrogen and oxygen atoms in total. The Morgan fingerprint density at radius 2 is 2.47 bits per heavy atom. The molecule has 0 aromatic heterocycles. The summed E-state index contributed by atoms with van der Waals surface area (Å²) < 4.78 is 0. The zero-order chi connectivity index (χ0) is 11.3. The largest absolute Gasteiger partial charge is 0.480 e. The van der Waals surface area contributed by atoms with Crippen molar-refractivity contribution in [3.63, 3.8) is 0 Å². The van der Waals surface area contributed by atoms with E-state index in [1.807, 2.05) is 0 Å². The van der Waals surface area contributed by atoms with Gasteiger partial charge in [-0.2, -0.15) is 0 Å². The zero-order valence-corrected chi connectivity index (χ0v) is 9.28. The molecule has 2 unspecified atom stereocenters. The number of hydrogen-bond donors (Lipinski definition) is 3. The first kappa shape index (κ1) is 12.4. The van der Waals surface area contributed by atoms with Gasteiger partial charge < -0.3 is 21.1 Å². The molecule has 4 N–H and O–H groups in total. The molecular weight excluding hydrogens is 194 g/mol. The van der Waals surface area contributed by atoms with Crippen LogP contribution in [0.15, 0.2) is 0 Å². The third-order valence-corrected chi connectivity index (χ3v) is 2.83. The number of carbonyl (C=O) groups is 1. The number of piperidine rings is 1. The van der Waals surface area contributed by atoms with Crippen molar-refractivity contribution in [3.05, 3.63) is 0 Å². The summed E-state index contributed by atoms with van der Waals surface area (Å²) in [6, 6.07) is -0.247. The van der Waals surface area contributed by atoms with Crippen molar-refractivity contribution in [1.29, 1.82) is 0 Å². The average molecular weight is 215 g/mol. The Bertz CT molecular complexity index is 211. The lowest BCUT2D eigenvalue weighted by Gasteiger charge is -2.30. The first-order valence-electron chi connectivity index (χ1n) is 5.50. The van der Waals surface area contributed by atoms with E-state index in [1.165, 1.54) is 12.8 Å². The molecule has 0 saturated carbocycles. The molecule has 1 fully saturated rings. The van der Waals surface area contributed by atoms with Crippen molar-refractivity contribution in [3.8, 4) is 0 Å². The lowest BCUT2D eigenvalue weighted by atomic mass is 10.1. The van der Waals surface area contributed by atoms with Gasteiger partial charge in [0.1, 0.15) is 6.04 Å². The van der Waals surface area contributed by atoms with E-state index in [0.717, 1.165) is 13.1 Å². The molecule has 2 atom stereocenters. The molecule has 0 spiro atoms. The van der Waals surface area contributed by atoms with E-state index in [9.17, 15) is 4.79 Å². The number of aliphatic carboxylic acids is 1. The monoisotopic (exact) mass is 215 g/mol. The third-order valence-electron chi connectivity index (χ3n) is 2.83. The van der Waals surface area contributed by atoms with Gasteiger partial charge >= 0.3 is 5.97 Å². The maximum atomic E-state index is 10.5. The summed E-state index contributed by atoms with van der Waals surface area (Å²) >= 11 is 0. The quantitative estimate of drug-likeness (QED) is 0.575. The number of likely N-dealkylation sites (N-methyl/N-ethyl adjacent to an activating group) is 1. The minimum absolute atomic E-state index is 0.491. The normalized spacial score (nSPS) is 25.1. The smallest absolute Gasteiger partial charge is 0.320 e. The van der Waals surface area contributed by atoms with E-state index in [0.29, 0.717) is 19.0 Å². The molecule has 0 aromatic carbocycles. The van der Waals surface area contributed by atoms with Gasteiger partial charge in [0, 0.05) is 12.6 Å². The minimum atomic E-state index is -0.919. The van der Waals surface area contributed by atoms with Crippen LogP contribution in [0.2, 0.25) is 0 Å². The molecule has 1 saturated heterocycles. The number of nitrogens with one attached hydrogen (secondary N) is 1. The van der Waals surface area contributed by atoms with Crippen molar-refractivity contribution < 1.29 is 9.90 Å². The van der Waals surface area contributed by atoms with Crippen LogP contribution >= 0.6 is 0 Å². The van der Waals surface area contributed by atoms with Crippen LogP contribution in [0, 0.1) is 0 Å². The van der Waals surface area contributed by atoms with Crippen molar-refractivity contribution in [2.24, 2.45) is 5.73 Å². The molecular formula is C10H21N3O2. The van der Waals surface area contributed by atoms with Crippen LogP contribution in [0.25, 0.3) is 0 Å². The van der Waals surface area contributed by atoms with Crippen molar-refractivity contribution in [1.82, 2.24) is 10.2 Å². The van der Waals surface area contributed by atoms with Gasteiger partial charge in [0.2, 0.25) is 0 Å². The Kier molecular flexibility index (Phi) is 5.01. The molecule has 1 heterocycles. The first-order valence-corrected chi connectivity index (χ1v) is 5.50. The fourth-order valence-corrected chi connectivity index (χ4v) is 1.90.